The molecule has 0 amide bonds. The zero-order valence-electron chi connectivity index (χ0n) is 68.8. The fraction of sp³-hybridized carbons (Fsp3) is 0. The minimum atomic E-state index is 0.387. The highest BCUT2D eigenvalue weighted by Crippen LogP contribution is 2.54. The van der Waals surface area contributed by atoms with E-state index < -0.39 is 0 Å². The summed E-state index contributed by atoms with van der Waals surface area (Å²) >= 11 is 0. The van der Waals surface area contributed by atoms with E-state index in [2.05, 4.69) is 175 Å². The van der Waals surface area contributed by atoms with Crippen molar-refractivity contribution in [1.29, 1.82) is 26.3 Å². The van der Waals surface area contributed by atoms with Crippen LogP contribution >= 0.6 is 0 Å². The molecule has 16 nitrogen and oxygen atoms in total. The normalized spacial score (nSPS) is 11.7. The smallest absolute Gasteiger partial charge is 0.164 e. The van der Waals surface area contributed by atoms with Crippen molar-refractivity contribution in [2.45, 2.75) is 0 Å². The Morgan fingerprint density at radius 2 is 0.569 bits per heavy atom. The van der Waals surface area contributed by atoms with E-state index in [1.807, 2.05) is 249 Å². The third-order valence-electron chi connectivity index (χ3n) is 25.5. The molecule has 25 rings (SSSR count). The van der Waals surface area contributed by atoms with Crippen LogP contribution in [0.2, 0.25) is 0 Å². The second-order valence-electron chi connectivity index (χ2n) is 32.5. The first kappa shape index (κ1) is 73.8. The number of nitrogens with zero attached hydrogens (tertiary/aromatic N) is 15. The van der Waals surface area contributed by atoms with Gasteiger partial charge in [0.1, 0.15) is 35.4 Å². The van der Waals surface area contributed by atoms with E-state index in [0.29, 0.717) is 108 Å². The number of benzene rings is 17. The van der Waals surface area contributed by atoms with E-state index in [9.17, 15) is 26.3 Å². The van der Waals surface area contributed by atoms with Gasteiger partial charge in [0.05, 0.1) is 134 Å². The van der Waals surface area contributed by atoms with E-state index in [0.717, 1.165) is 159 Å². The zero-order chi connectivity index (χ0) is 86.5. The molecule has 8 heterocycles. The molecule has 0 aliphatic carbocycles. The van der Waals surface area contributed by atoms with Gasteiger partial charge in [0.2, 0.25) is 0 Å². The highest BCUT2D eigenvalue weighted by Gasteiger charge is 2.34. The average Bonchev–Trinajstić information content (AvgIpc) is 1.49. The first-order chi connectivity index (χ1) is 64.3. The largest absolute Gasteiger partial charge is 0.455 e. The summed E-state index contributed by atoms with van der Waals surface area (Å²) in [5.41, 5.74) is 23.3. The molecule has 0 N–H and O–H groups in total. The maximum atomic E-state index is 12.0. The molecule has 16 heteroatoms. The minimum absolute atomic E-state index is 0.387. The maximum absolute atomic E-state index is 12.0. The van der Waals surface area contributed by atoms with Crippen molar-refractivity contribution < 1.29 is 4.42 Å². The van der Waals surface area contributed by atoms with Crippen molar-refractivity contribution in [3.8, 4) is 138 Å². The fourth-order valence-electron chi connectivity index (χ4n) is 20.0. The Morgan fingerprint density at radius 3 is 1.07 bits per heavy atom. The second-order valence-corrected chi connectivity index (χ2v) is 32.5. The first-order valence-electron chi connectivity index (χ1n) is 42.6. The summed E-state index contributed by atoms with van der Waals surface area (Å²) in [5, 5.41) is 67.4. The van der Waals surface area contributed by atoms with Crippen LogP contribution in [0.4, 0.5) is 0 Å². The number of para-hydroxylation sites is 7. The Hall–Kier alpha value is -18.9. The van der Waals surface area contributed by atoms with Gasteiger partial charge in [0.25, 0.3) is 0 Å². The topological polar surface area (TPSA) is 221 Å². The zero-order valence-corrected chi connectivity index (χ0v) is 68.8. The van der Waals surface area contributed by atoms with E-state index in [4.69, 9.17) is 29.3 Å². The molecule has 0 unspecified atom stereocenters. The average molecular weight is 1660 g/mol. The van der Waals surface area contributed by atoms with Crippen LogP contribution in [0.25, 0.3) is 239 Å². The van der Waals surface area contributed by atoms with E-state index in [1.165, 1.54) is 0 Å². The van der Waals surface area contributed by atoms with E-state index in [-0.39, 0.29) is 0 Å². The number of furan rings is 1. The third-order valence-corrected chi connectivity index (χ3v) is 25.5. The molecule has 0 saturated carbocycles. The lowest BCUT2D eigenvalue weighted by molar-refractivity contribution is 0.673. The quantitative estimate of drug-likeness (QED) is 0.112. The molecule has 0 spiro atoms. The molecule has 0 saturated heterocycles. The Labute approximate surface area is 740 Å². The van der Waals surface area contributed by atoms with Crippen molar-refractivity contribution in [2.24, 2.45) is 0 Å². The van der Waals surface area contributed by atoms with Crippen molar-refractivity contribution >= 4 is 131 Å². The van der Waals surface area contributed by atoms with Gasteiger partial charge in [0.15, 0.2) is 23.3 Å². The maximum Gasteiger partial charge on any atom is 0.164 e. The highest BCUT2D eigenvalue weighted by molar-refractivity contribution is 6.42. The van der Waals surface area contributed by atoms with E-state index >= 15 is 0 Å². The molecule has 0 fully saturated rings. The molecular weight excluding hydrogens is 1600 g/mol. The first-order valence-corrected chi connectivity index (χ1v) is 42.6. The second kappa shape index (κ2) is 29.1. The number of hydrogen-bond acceptors (Lipinski definition) is 11. The van der Waals surface area contributed by atoms with Gasteiger partial charge in [-0.15, -0.1) is 0 Å². The third kappa shape index (κ3) is 11.1. The molecule has 130 heavy (non-hydrogen) atoms. The summed E-state index contributed by atoms with van der Waals surface area (Å²) in [4.78, 5) is 25.9. The lowest BCUT2D eigenvalue weighted by Crippen LogP contribution is -2.02. The van der Waals surface area contributed by atoms with Crippen LogP contribution < -0.4 is 0 Å². The molecule has 0 radical (unpaired) electrons. The molecule has 0 aliphatic heterocycles. The SMILES string of the molecule is N#Cc1cccc(-n2c3cc(-c4cccc(-c5cc(-c6ccc(-n7c8ccccc8c8c9c(c%10ccccc%10n9-c9ccccc9C#N)c9c(c%10ccccc%10n9-c9ccccc9C#N)c87)c(C#N)c6)nc(-c6ccccc6)n5)c4)ccc3c3c4oc5ccccc5c4c4c(c5ccccc5n4-c4ccc(-c5nc(-c6ccccc6)nc(-c6ccccc6)n5)cc4C#N)c32)c1. The number of fused-ring (bicyclic) bond motifs is 24. The van der Waals surface area contributed by atoms with Gasteiger partial charge in [-0.25, -0.2) is 24.9 Å². The molecule has 598 valence electrons. The molecular formula is C114H61N15O. The molecule has 0 bridgehead atoms. The van der Waals surface area contributed by atoms with Crippen LogP contribution in [0.5, 0.6) is 0 Å². The Morgan fingerprint density at radius 1 is 0.215 bits per heavy atom. The van der Waals surface area contributed by atoms with Crippen LogP contribution in [-0.4, -0.2) is 47.8 Å². The van der Waals surface area contributed by atoms with Gasteiger partial charge in [0, 0.05) is 92.9 Å². The standard InChI is InChI=1S/C114H61N15O/c115-62-67-26-24-37-80(56-67)125-97-60-72(50-53-85(97)103-108(125)102-84-41-15-22-48-96(84)129(109(102)104-86-42-16-23-49-98(86)130-110(103)104)92-55-52-75(59-79(92)66-119)114-123-112(69-29-6-2-7-30-69)122-113(124-114)70-31-8-3-9-32-70)71-35-25-36-73(57-71)87-61-88(121-111(120-87)68-27-4-1-5-28-68)74-51-54-91(78(58-74)65-118)128-95-47-21-14-40-83(95)101-106-99(81-38-12-19-45-93(81)126(106)89-43-17-10-33-76(89)63-116)105-100(107(101)128)82-39-13-20-46-94(82)127(105)90-44-18-11-34-77(90)64-117/h1-61H. The fourth-order valence-corrected chi connectivity index (χ4v) is 20.0. The van der Waals surface area contributed by atoms with Gasteiger partial charge in [-0.3, -0.25) is 0 Å². The monoisotopic (exact) mass is 1660 g/mol. The van der Waals surface area contributed by atoms with Crippen LogP contribution in [0.15, 0.2) is 374 Å². The summed E-state index contributed by atoms with van der Waals surface area (Å²) in [6, 6.07) is 136. The number of nitriles is 5. The van der Waals surface area contributed by atoms with Crippen molar-refractivity contribution in [3.05, 3.63) is 398 Å². The van der Waals surface area contributed by atoms with Crippen LogP contribution in [0, 0.1) is 56.7 Å². The Kier molecular flexibility index (Phi) is 16.5. The van der Waals surface area contributed by atoms with Gasteiger partial charge in [-0.2, -0.15) is 26.3 Å². The van der Waals surface area contributed by atoms with Crippen molar-refractivity contribution in [1.82, 2.24) is 47.8 Å². The van der Waals surface area contributed by atoms with Crippen LogP contribution in [0.1, 0.15) is 27.8 Å². The number of hydrogen-bond donors (Lipinski definition) is 0. The summed E-state index contributed by atoms with van der Waals surface area (Å²) in [6.07, 6.45) is 0. The predicted molar refractivity (Wildman–Crippen MR) is 516 cm³/mol. The van der Waals surface area contributed by atoms with E-state index in [1.54, 1.807) is 0 Å². The summed E-state index contributed by atoms with van der Waals surface area (Å²) < 4.78 is 18.5. The van der Waals surface area contributed by atoms with Gasteiger partial charge >= 0.3 is 0 Å². The van der Waals surface area contributed by atoms with Crippen LogP contribution in [0.3, 0.4) is 0 Å². The molecule has 8 aromatic heterocycles. The minimum Gasteiger partial charge on any atom is -0.455 e. The Bertz CT molecular complexity index is 9310. The number of aromatic nitrogens is 10. The summed E-state index contributed by atoms with van der Waals surface area (Å²) in [5.74, 6) is 1.92. The summed E-state index contributed by atoms with van der Waals surface area (Å²) in [6.45, 7) is 0. The summed E-state index contributed by atoms with van der Waals surface area (Å²) in [7, 11) is 0. The highest BCUT2D eigenvalue weighted by atomic mass is 16.3. The molecule has 0 aliphatic rings. The number of rotatable bonds is 12. The van der Waals surface area contributed by atoms with Crippen LogP contribution in [-0.2, 0) is 0 Å². The van der Waals surface area contributed by atoms with Gasteiger partial charge in [-0.1, -0.05) is 249 Å². The lowest BCUT2D eigenvalue weighted by atomic mass is 9.98. The lowest BCUT2D eigenvalue weighted by Gasteiger charge is -2.15. The molecule has 0 atom stereocenters. The van der Waals surface area contributed by atoms with Gasteiger partial charge in [-0.05, 0) is 132 Å². The van der Waals surface area contributed by atoms with Gasteiger partial charge < -0.3 is 27.3 Å². The van der Waals surface area contributed by atoms with Crippen molar-refractivity contribution in [3.63, 3.8) is 0 Å². The molecule has 17 aromatic carbocycles. The van der Waals surface area contributed by atoms with Crippen molar-refractivity contribution in [2.75, 3.05) is 0 Å². The Balaban J connectivity index is 0.676. The molecule has 25 aromatic rings. The predicted octanol–water partition coefficient (Wildman–Crippen LogP) is 27.1.